The number of hydrogen-bond donors (Lipinski definition) is 1. The van der Waals surface area contributed by atoms with Crippen LogP contribution in [0.3, 0.4) is 0 Å². The van der Waals surface area contributed by atoms with Crippen LogP contribution in [0.15, 0.2) is 59.5 Å². The predicted octanol–water partition coefficient (Wildman–Crippen LogP) is 2.89. The Morgan fingerprint density at radius 3 is 2.42 bits per heavy atom. The van der Waals surface area contributed by atoms with E-state index in [0.29, 0.717) is 17.9 Å². The molecule has 0 spiro atoms. The van der Waals surface area contributed by atoms with Gasteiger partial charge in [-0.25, -0.2) is 8.42 Å². The molecule has 0 bridgehead atoms. The first-order valence-corrected chi connectivity index (χ1v) is 9.51. The molecule has 24 heavy (non-hydrogen) atoms. The third kappa shape index (κ3) is 4.01. The molecule has 1 N–H and O–H groups in total. The highest BCUT2D eigenvalue weighted by molar-refractivity contribution is 7.91. The molecule has 1 heterocycles. The predicted molar refractivity (Wildman–Crippen MR) is 91.9 cm³/mol. The zero-order valence-corrected chi connectivity index (χ0v) is 14.0. The molecular formula is C18H19NO4S. The fourth-order valence-electron chi connectivity index (χ4n) is 2.66. The number of benzene rings is 2. The van der Waals surface area contributed by atoms with Gasteiger partial charge in [-0.2, -0.15) is 0 Å². The second-order valence-corrected chi connectivity index (χ2v) is 7.80. The summed E-state index contributed by atoms with van der Waals surface area (Å²) in [4.78, 5) is 12.3. The summed E-state index contributed by atoms with van der Waals surface area (Å²) in [6, 6.07) is 15.1. The van der Waals surface area contributed by atoms with Crippen molar-refractivity contribution in [2.75, 3.05) is 17.7 Å². The quantitative estimate of drug-likeness (QED) is 0.904. The molecule has 5 nitrogen and oxygen atoms in total. The maximum atomic E-state index is 12.4. The molecule has 1 aliphatic heterocycles. The monoisotopic (exact) mass is 345 g/mol. The summed E-state index contributed by atoms with van der Waals surface area (Å²) in [5.41, 5.74) is 1.10. The van der Waals surface area contributed by atoms with Gasteiger partial charge in [-0.3, -0.25) is 4.79 Å². The number of anilines is 1. The van der Waals surface area contributed by atoms with Crippen LogP contribution >= 0.6 is 0 Å². The lowest BCUT2D eigenvalue weighted by molar-refractivity contribution is 0.102. The van der Waals surface area contributed by atoms with E-state index in [0.717, 1.165) is 12.8 Å². The van der Waals surface area contributed by atoms with Gasteiger partial charge in [0.25, 0.3) is 5.91 Å². The number of carbonyl (C=O) groups is 1. The highest BCUT2D eigenvalue weighted by Gasteiger charge is 2.24. The van der Waals surface area contributed by atoms with Crippen LogP contribution in [0.4, 0.5) is 5.69 Å². The molecular weight excluding hydrogens is 326 g/mol. The summed E-state index contributed by atoms with van der Waals surface area (Å²) in [5, 5.41) is 2.75. The van der Waals surface area contributed by atoms with Gasteiger partial charge in [-0.05, 0) is 49.2 Å². The first-order valence-electron chi connectivity index (χ1n) is 7.85. The van der Waals surface area contributed by atoms with E-state index >= 15 is 0 Å². The summed E-state index contributed by atoms with van der Waals surface area (Å²) in [6.07, 6.45) is 1.47. The van der Waals surface area contributed by atoms with Gasteiger partial charge in [0.15, 0.2) is 9.84 Å². The fraction of sp³-hybridized carbons (Fsp3) is 0.278. The molecule has 1 saturated heterocycles. The van der Waals surface area contributed by atoms with Crippen molar-refractivity contribution in [3.8, 4) is 0 Å². The highest BCUT2D eigenvalue weighted by Crippen LogP contribution is 2.21. The standard InChI is InChI=1S/C18H19NO4S/c20-18(14-5-2-1-3-6-14)19-15-8-10-17(11-9-15)24(21,22)13-16-7-4-12-23-16/h1-3,5-6,8-11,16H,4,7,12-13H2,(H,19,20). The summed E-state index contributed by atoms with van der Waals surface area (Å²) in [6.45, 7) is 0.630. The minimum Gasteiger partial charge on any atom is -0.377 e. The second kappa shape index (κ2) is 7.15. The molecule has 0 aromatic heterocycles. The number of hydrogen-bond acceptors (Lipinski definition) is 4. The van der Waals surface area contributed by atoms with Gasteiger partial charge >= 0.3 is 0 Å². The minimum absolute atomic E-state index is 0.00270. The van der Waals surface area contributed by atoms with Gasteiger partial charge in [0.1, 0.15) is 0 Å². The van der Waals surface area contributed by atoms with Crippen molar-refractivity contribution in [3.63, 3.8) is 0 Å². The van der Waals surface area contributed by atoms with Crippen molar-refractivity contribution >= 4 is 21.4 Å². The molecule has 0 saturated carbocycles. The van der Waals surface area contributed by atoms with Crippen LogP contribution in [-0.2, 0) is 14.6 Å². The van der Waals surface area contributed by atoms with Crippen LogP contribution in [0.5, 0.6) is 0 Å². The topological polar surface area (TPSA) is 72.5 Å². The number of rotatable bonds is 5. The molecule has 6 heteroatoms. The van der Waals surface area contributed by atoms with Crippen molar-refractivity contribution in [3.05, 3.63) is 60.2 Å². The Hall–Kier alpha value is -2.18. The molecule has 1 atom stereocenters. The smallest absolute Gasteiger partial charge is 0.255 e. The maximum absolute atomic E-state index is 12.4. The SMILES string of the molecule is O=C(Nc1ccc(S(=O)(=O)CC2CCCO2)cc1)c1ccccc1. The largest absolute Gasteiger partial charge is 0.377 e. The lowest BCUT2D eigenvalue weighted by Gasteiger charge is -2.11. The molecule has 126 valence electrons. The molecule has 0 radical (unpaired) electrons. The third-order valence-corrected chi connectivity index (χ3v) is 5.74. The van der Waals surface area contributed by atoms with E-state index in [1.54, 1.807) is 36.4 Å². The Morgan fingerprint density at radius 2 is 1.79 bits per heavy atom. The van der Waals surface area contributed by atoms with Gasteiger partial charge in [-0.1, -0.05) is 18.2 Å². The van der Waals surface area contributed by atoms with E-state index < -0.39 is 9.84 Å². The van der Waals surface area contributed by atoms with E-state index in [-0.39, 0.29) is 22.7 Å². The Labute approximate surface area is 141 Å². The van der Waals surface area contributed by atoms with Gasteiger partial charge in [-0.15, -0.1) is 0 Å². The number of nitrogens with one attached hydrogen (secondary N) is 1. The minimum atomic E-state index is -3.38. The normalized spacial score (nSPS) is 17.6. The lowest BCUT2D eigenvalue weighted by atomic mass is 10.2. The van der Waals surface area contributed by atoms with Crippen LogP contribution in [-0.4, -0.2) is 32.8 Å². The van der Waals surface area contributed by atoms with Gasteiger partial charge < -0.3 is 10.1 Å². The number of carbonyl (C=O) groups excluding carboxylic acids is 1. The Bertz CT molecular complexity index is 795. The average molecular weight is 345 g/mol. The average Bonchev–Trinajstić information content (AvgIpc) is 3.08. The highest BCUT2D eigenvalue weighted by atomic mass is 32.2. The third-order valence-electron chi connectivity index (χ3n) is 3.94. The van der Waals surface area contributed by atoms with Crippen molar-refractivity contribution in [2.24, 2.45) is 0 Å². The van der Waals surface area contributed by atoms with E-state index in [1.165, 1.54) is 12.1 Å². The summed E-state index contributed by atoms with van der Waals surface area (Å²) >= 11 is 0. The van der Waals surface area contributed by atoms with Crippen molar-refractivity contribution in [1.82, 2.24) is 0 Å². The van der Waals surface area contributed by atoms with Crippen LogP contribution in [0, 0.1) is 0 Å². The van der Waals surface area contributed by atoms with Gasteiger partial charge in [0.2, 0.25) is 0 Å². The summed E-state index contributed by atoms with van der Waals surface area (Å²) in [5.74, 6) is -0.228. The molecule has 1 aliphatic rings. The molecule has 2 aromatic carbocycles. The van der Waals surface area contributed by atoms with Crippen LogP contribution in [0.1, 0.15) is 23.2 Å². The Kier molecular flexibility index (Phi) is 4.97. The molecule has 0 aliphatic carbocycles. The molecule has 3 rings (SSSR count). The number of ether oxygens (including phenoxy) is 1. The van der Waals surface area contributed by atoms with Crippen molar-refractivity contribution in [1.29, 1.82) is 0 Å². The molecule has 1 unspecified atom stereocenters. The lowest BCUT2D eigenvalue weighted by Crippen LogP contribution is -2.20. The summed E-state index contributed by atoms with van der Waals surface area (Å²) < 4.78 is 30.2. The molecule has 1 fully saturated rings. The maximum Gasteiger partial charge on any atom is 0.255 e. The molecule has 1 amide bonds. The number of amides is 1. The van der Waals surface area contributed by atoms with Gasteiger partial charge in [0.05, 0.1) is 16.8 Å². The van der Waals surface area contributed by atoms with E-state index in [2.05, 4.69) is 5.32 Å². The Balaban J connectivity index is 1.67. The van der Waals surface area contributed by atoms with Crippen LogP contribution < -0.4 is 5.32 Å². The van der Waals surface area contributed by atoms with Crippen LogP contribution in [0.25, 0.3) is 0 Å². The summed E-state index contributed by atoms with van der Waals surface area (Å²) in [7, 11) is -3.38. The first kappa shape index (κ1) is 16.7. The number of sulfone groups is 1. The van der Waals surface area contributed by atoms with E-state index in [9.17, 15) is 13.2 Å². The molecule has 2 aromatic rings. The second-order valence-electron chi connectivity index (χ2n) is 5.76. The van der Waals surface area contributed by atoms with Crippen molar-refractivity contribution < 1.29 is 17.9 Å². The zero-order chi connectivity index (χ0) is 17.0. The Morgan fingerprint density at radius 1 is 1.08 bits per heavy atom. The fourth-order valence-corrected chi connectivity index (χ4v) is 4.15. The van der Waals surface area contributed by atoms with Crippen molar-refractivity contribution in [2.45, 2.75) is 23.8 Å². The first-order chi connectivity index (χ1) is 11.5. The van der Waals surface area contributed by atoms with Gasteiger partial charge in [0, 0.05) is 17.9 Å². The van der Waals surface area contributed by atoms with E-state index in [4.69, 9.17) is 4.74 Å². The van der Waals surface area contributed by atoms with E-state index in [1.807, 2.05) is 6.07 Å². The zero-order valence-electron chi connectivity index (χ0n) is 13.1. The van der Waals surface area contributed by atoms with Crippen LogP contribution in [0.2, 0.25) is 0 Å².